The molecule has 0 spiro atoms. The van der Waals surface area contributed by atoms with Crippen molar-refractivity contribution in [1.82, 2.24) is 9.97 Å². The summed E-state index contributed by atoms with van der Waals surface area (Å²) in [5.41, 5.74) is 1.29. The normalized spacial score (nSPS) is 14.2. The van der Waals surface area contributed by atoms with E-state index in [4.69, 9.17) is 9.15 Å². The van der Waals surface area contributed by atoms with Gasteiger partial charge in [0.15, 0.2) is 15.9 Å². The maximum atomic E-state index is 12.0. The fourth-order valence-electron chi connectivity index (χ4n) is 2.59. The monoisotopic (exact) mass is 389 g/mol. The van der Waals surface area contributed by atoms with Crippen LogP contribution in [0.5, 0.6) is 0 Å². The van der Waals surface area contributed by atoms with Crippen LogP contribution in [0.3, 0.4) is 0 Å². The molecule has 0 saturated carbocycles. The summed E-state index contributed by atoms with van der Waals surface area (Å²) in [7, 11) is 0. The van der Waals surface area contributed by atoms with E-state index in [2.05, 4.69) is 9.97 Å². The summed E-state index contributed by atoms with van der Waals surface area (Å²) in [4.78, 5) is 34.2. The Hall–Kier alpha value is -2.52. The van der Waals surface area contributed by atoms with Crippen LogP contribution in [0.25, 0.3) is 10.8 Å². The van der Waals surface area contributed by atoms with Gasteiger partial charge in [-0.05, 0) is 18.6 Å². The van der Waals surface area contributed by atoms with Crippen LogP contribution in [0.2, 0.25) is 0 Å². The molecule has 134 valence electrons. The van der Waals surface area contributed by atoms with Crippen molar-refractivity contribution >= 4 is 39.7 Å². The molecule has 9 heteroatoms. The molecule has 7 nitrogen and oxygen atoms in total. The molecule has 1 amide bonds. The molecule has 1 fully saturated rings. The Balaban J connectivity index is 1.30. The molecule has 0 unspecified atom stereocenters. The third-order valence-electron chi connectivity index (χ3n) is 3.83. The first-order valence-corrected chi connectivity index (χ1v) is 9.83. The molecule has 0 atom stereocenters. The van der Waals surface area contributed by atoms with Crippen LogP contribution < -0.4 is 4.90 Å². The molecule has 3 aromatic rings. The Morgan fingerprint density at radius 1 is 1.27 bits per heavy atom. The highest BCUT2D eigenvalue weighted by Gasteiger charge is 2.24. The zero-order valence-corrected chi connectivity index (χ0v) is 15.3. The average molecular weight is 389 g/mol. The van der Waals surface area contributed by atoms with Crippen molar-refractivity contribution in [3.63, 3.8) is 0 Å². The quantitative estimate of drug-likeness (QED) is 0.602. The maximum absolute atomic E-state index is 12.0. The van der Waals surface area contributed by atoms with Crippen molar-refractivity contribution in [3.8, 4) is 10.8 Å². The second-order valence-corrected chi connectivity index (χ2v) is 7.42. The molecule has 1 aliphatic rings. The standard InChI is InChI=1S/C17H15N3O4S2/c21-14-4-1-5-20(14)17-19-11(9-26-17)7-15(22)24-8-12-10-25-16(18-12)13-3-2-6-23-13/h2-3,6,9-10H,1,4-5,7-8H2. The van der Waals surface area contributed by atoms with Crippen LogP contribution in [0.15, 0.2) is 33.6 Å². The van der Waals surface area contributed by atoms with E-state index in [1.165, 1.54) is 22.7 Å². The van der Waals surface area contributed by atoms with Crippen LogP contribution in [0.1, 0.15) is 24.2 Å². The van der Waals surface area contributed by atoms with Gasteiger partial charge in [0, 0.05) is 23.7 Å². The lowest BCUT2D eigenvalue weighted by Crippen LogP contribution is -2.23. The summed E-state index contributed by atoms with van der Waals surface area (Å²) in [6.45, 7) is 0.801. The molecule has 3 aromatic heterocycles. The van der Waals surface area contributed by atoms with Crippen LogP contribution in [-0.4, -0.2) is 28.4 Å². The number of esters is 1. The van der Waals surface area contributed by atoms with E-state index >= 15 is 0 Å². The van der Waals surface area contributed by atoms with Gasteiger partial charge in [-0.3, -0.25) is 14.5 Å². The lowest BCUT2D eigenvalue weighted by molar-refractivity contribution is -0.144. The van der Waals surface area contributed by atoms with Gasteiger partial charge in [-0.1, -0.05) is 0 Å². The molecular weight excluding hydrogens is 374 g/mol. The van der Waals surface area contributed by atoms with E-state index in [1.54, 1.807) is 22.6 Å². The Kier molecular flexibility index (Phi) is 4.81. The number of thiazole rings is 2. The number of carbonyl (C=O) groups excluding carboxylic acids is 2. The molecule has 1 saturated heterocycles. The number of ether oxygens (including phenoxy) is 1. The number of anilines is 1. The van der Waals surface area contributed by atoms with E-state index in [0.717, 1.165) is 11.4 Å². The topological polar surface area (TPSA) is 85.5 Å². The van der Waals surface area contributed by atoms with Crippen molar-refractivity contribution in [2.24, 2.45) is 0 Å². The number of carbonyl (C=O) groups is 2. The molecule has 0 aromatic carbocycles. The lowest BCUT2D eigenvalue weighted by atomic mass is 10.3. The first-order valence-electron chi connectivity index (χ1n) is 8.08. The predicted octanol–water partition coefficient (Wildman–Crippen LogP) is 3.27. The van der Waals surface area contributed by atoms with Crippen molar-refractivity contribution in [3.05, 3.63) is 40.5 Å². The van der Waals surface area contributed by atoms with Crippen molar-refractivity contribution in [2.75, 3.05) is 11.4 Å². The largest absolute Gasteiger partial charge is 0.462 e. The van der Waals surface area contributed by atoms with Crippen LogP contribution in [-0.2, 0) is 27.4 Å². The van der Waals surface area contributed by atoms with Crippen LogP contribution in [0, 0.1) is 0 Å². The highest BCUT2D eigenvalue weighted by molar-refractivity contribution is 7.14. The molecular formula is C17H15N3O4S2. The van der Waals surface area contributed by atoms with Gasteiger partial charge in [0.1, 0.15) is 6.61 Å². The minimum atomic E-state index is -0.373. The molecule has 1 aliphatic heterocycles. The molecule has 0 bridgehead atoms. The minimum absolute atomic E-state index is 0.0771. The van der Waals surface area contributed by atoms with Crippen molar-refractivity contribution in [2.45, 2.75) is 25.9 Å². The Morgan fingerprint density at radius 2 is 2.15 bits per heavy atom. The van der Waals surface area contributed by atoms with Crippen molar-refractivity contribution < 1.29 is 18.7 Å². The molecule has 26 heavy (non-hydrogen) atoms. The molecule has 0 aliphatic carbocycles. The summed E-state index contributed by atoms with van der Waals surface area (Å²) >= 11 is 2.81. The SMILES string of the molecule is O=C(Cc1csc(N2CCCC2=O)n1)OCc1csc(-c2ccco2)n1. The Labute approximate surface area is 157 Å². The lowest BCUT2D eigenvalue weighted by Gasteiger charge is -2.10. The Bertz CT molecular complexity index is 916. The van der Waals surface area contributed by atoms with Crippen LogP contribution in [0.4, 0.5) is 5.13 Å². The number of amides is 1. The number of aromatic nitrogens is 2. The van der Waals surface area contributed by atoms with Gasteiger partial charge in [-0.2, -0.15) is 0 Å². The van der Waals surface area contributed by atoms with Gasteiger partial charge < -0.3 is 9.15 Å². The summed E-state index contributed by atoms with van der Waals surface area (Å²) in [5.74, 6) is 0.408. The Morgan fingerprint density at radius 3 is 2.92 bits per heavy atom. The summed E-state index contributed by atoms with van der Waals surface area (Å²) < 4.78 is 10.6. The summed E-state index contributed by atoms with van der Waals surface area (Å²) in [6.07, 6.45) is 3.08. The van der Waals surface area contributed by atoms with Crippen LogP contribution >= 0.6 is 22.7 Å². The summed E-state index contributed by atoms with van der Waals surface area (Å²) in [5, 5.41) is 5.03. The number of nitrogens with zero attached hydrogens (tertiary/aromatic N) is 3. The van der Waals surface area contributed by atoms with E-state index in [0.29, 0.717) is 35.2 Å². The summed E-state index contributed by atoms with van der Waals surface area (Å²) in [6, 6.07) is 3.63. The number of hydrogen-bond acceptors (Lipinski definition) is 8. The number of rotatable bonds is 6. The van der Waals surface area contributed by atoms with Gasteiger partial charge in [0.25, 0.3) is 0 Å². The van der Waals surface area contributed by atoms with Gasteiger partial charge in [0.2, 0.25) is 5.91 Å². The van der Waals surface area contributed by atoms with Gasteiger partial charge in [-0.15, -0.1) is 22.7 Å². The minimum Gasteiger partial charge on any atom is -0.462 e. The fourth-order valence-corrected chi connectivity index (χ4v) is 4.23. The van der Waals surface area contributed by atoms with E-state index in [1.807, 2.05) is 11.4 Å². The van der Waals surface area contributed by atoms with Gasteiger partial charge >= 0.3 is 5.97 Å². The third-order valence-corrected chi connectivity index (χ3v) is 5.65. The number of hydrogen-bond donors (Lipinski definition) is 0. The third kappa shape index (κ3) is 3.68. The predicted molar refractivity (Wildman–Crippen MR) is 97.0 cm³/mol. The zero-order chi connectivity index (χ0) is 17.9. The second kappa shape index (κ2) is 7.38. The van der Waals surface area contributed by atoms with E-state index in [9.17, 15) is 9.59 Å². The smallest absolute Gasteiger partial charge is 0.312 e. The highest BCUT2D eigenvalue weighted by Crippen LogP contribution is 2.26. The maximum Gasteiger partial charge on any atom is 0.312 e. The first-order chi connectivity index (χ1) is 12.7. The van der Waals surface area contributed by atoms with E-state index < -0.39 is 0 Å². The molecule has 0 radical (unpaired) electrons. The molecule has 0 N–H and O–H groups in total. The first kappa shape index (κ1) is 16.9. The van der Waals surface area contributed by atoms with Gasteiger partial charge in [-0.25, -0.2) is 9.97 Å². The second-order valence-electron chi connectivity index (χ2n) is 5.73. The average Bonchev–Trinajstić information content (AvgIpc) is 3.40. The fraction of sp³-hybridized carbons (Fsp3) is 0.294. The highest BCUT2D eigenvalue weighted by atomic mass is 32.1. The van der Waals surface area contributed by atoms with Gasteiger partial charge in [0.05, 0.1) is 24.1 Å². The van der Waals surface area contributed by atoms with E-state index in [-0.39, 0.29) is 24.9 Å². The molecule has 4 rings (SSSR count). The number of furan rings is 1. The van der Waals surface area contributed by atoms with Crippen molar-refractivity contribution in [1.29, 1.82) is 0 Å². The zero-order valence-electron chi connectivity index (χ0n) is 13.7. The molecule has 4 heterocycles.